The van der Waals surface area contributed by atoms with Gasteiger partial charge in [0.1, 0.15) is 0 Å². The molecule has 12 aromatic rings. The van der Waals surface area contributed by atoms with Crippen LogP contribution in [0.3, 0.4) is 0 Å². The number of carbonyl (C=O) groups excluding carboxylic acids is 6. The molecule has 2 saturated heterocycles. The quantitative estimate of drug-likeness (QED) is 0.00960. The number of oxime groups is 2. The van der Waals surface area contributed by atoms with Crippen LogP contribution < -0.4 is 51.2 Å². The zero-order valence-corrected chi connectivity index (χ0v) is 60.1. The number of anilines is 2. The number of aromatic carboxylic acids is 1. The number of fused-ring (bicyclic) bond motifs is 2. The van der Waals surface area contributed by atoms with E-state index in [1.54, 1.807) is 124 Å². The van der Waals surface area contributed by atoms with Crippen LogP contribution in [0.1, 0.15) is 86.2 Å². The van der Waals surface area contributed by atoms with Crippen molar-refractivity contribution in [2.45, 2.75) is 45.7 Å². The Morgan fingerprint density at radius 3 is 1.35 bits per heavy atom. The van der Waals surface area contributed by atoms with Crippen LogP contribution in [0.4, 0.5) is 11.6 Å². The molecule has 0 bridgehead atoms. The molecule has 566 valence electrons. The number of carboxylic acids is 1. The van der Waals surface area contributed by atoms with Crippen molar-refractivity contribution >= 4 is 87.2 Å². The summed E-state index contributed by atoms with van der Waals surface area (Å²) in [5.41, 5.74) is 20.8. The number of aromatic nitrogens is 12. The second-order valence-electron chi connectivity index (χ2n) is 21.9. The standard InChI is InChI=1S/C19H17N7O2.C11H12N2O4.C11H10N2O3.C10H13N5.C9H6N2O3.C7H5ClO.C4H8N2O3.Li.H2O/c27-18(15-23-19(28-24-15)13-4-2-1-3-5-13)22-14-6-9-26(12-14)17-16-20-7-10-25(16)11-8-21-17;1-2-16-11(15)9(12)13-17-10(14)8-6-4-3-5-7-8;1-2-15-11(14)9-12-10(16-13-9)8-6-4-3-5-7-8;11-8-1-4-15(7-8)10-9-12-2-5-14(9)6-3-13-10;12-9(13)7-10-8(14-11-7)6-4-2-1-3-5-6;8-7(9)6-4-2-1-3-5-6;1-2-9-4(7)3(5)6-8;;/h1-5,7-8,10-11,14H,6,9,12H2,(H,22,27);3-7H,2H2,1H3,(H2,12,13);3-7H,2H2,1H3;2-3,5-6,8H,1,4,7,11H2;1-5H,(H,12,13);1-5H;8H,2H2,1H3,(H2,5,6);;1H2/q;;;;;;;+1;/p-1/t14-;;;8-;;;;;/m0..0...../s1. The van der Waals surface area contributed by atoms with E-state index in [2.05, 4.69) is 90.1 Å². The zero-order chi connectivity index (χ0) is 77.2. The Labute approximate surface area is 642 Å². The largest absolute Gasteiger partial charge is 1.00 e. The monoisotopic (exact) mass is 1520 g/mol. The molecule has 110 heavy (non-hydrogen) atoms. The van der Waals surface area contributed by atoms with E-state index in [1.807, 2.05) is 106 Å². The summed E-state index contributed by atoms with van der Waals surface area (Å²) in [5, 5.41) is 35.3. The zero-order valence-electron chi connectivity index (χ0n) is 59.4. The molecule has 2 aliphatic heterocycles. The Kier molecular flexibility index (Phi) is 34.4. The third kappa shape index (κ3) is 25.6. The van der Waals surface area contributed by atoms with Crippen LogP contribution in [-0.4, -0.2) is 186 Å². The van der Waals surface area contributed by atoms with E-state index in [1.165, 1.54) is 0 Å². The van der Waals surface area contributed by atoms with E-state index in [-0.39, 0.29) is 85.5 Å². The molecule has 37 nitrogen and oxygen atoms in total. The van der Waals surface area contributed by atoms with Gasteiger partial charge < -0.3 is 89.5 Å². The number of amides is 1. The molecule has 14 rings (SSSR count). The average Bonchev–Trinajstić information content (AvgIpc) is 1.66. The molecule has 0 unspecified atom stereocenters. The fourth-order valence-corrected chi connectivity index (χ4v) is 9.55. The molecule has 5 aromatic carbocycles. The molecule has 0 aliphatic carbocycles. The first-order valence-corrected chi connectivity index (χ1v) is 33.1. The van der Waals surface area contributed by atoms with Gasteiger partial charge in [-0.3, -0.25) is 9.59 Å². The Morgan fingerprint density at radius 1 is 0.536 bits per heavy atom. The first-order chi connectivity index (χ1) is 52.4. The number of carbonyl (C=O) groups is 7. The van der Waals surface area contributed by atoms with Gasteiger partial charge in [0, 0.05) is 110 Å². The molecule has 2 aliphatic rings. The molecule has 7 aromatic heterocycles. The van der Waals surface area contributed by atoms with Crippen LogP contribution in [0.15, 0.2) is 225 Å². The average molecular weight is 1520 g/mol. The number of nitrogens with one attached hydrogen (secondary N) is 1. The number of benzene rings is 5. The van der Waals surface area contributed by atoms with Crippen molar-refractivity contribution in [1.29, 1.82) is 0 Å². The van der Waals surface area contributed by atoms with Crippen LogP contribution in [0, 0.1) is 0 Å². The maximum absolute atomic E-state index is 12.5. The molecule has 0 saturated carbocycles. The molecule has 2 fully saturated rings. The predicted octanol–water partition coefficient (Wildman–Crippen LogP) is 4.27. The minimum Gasteiger partial charge on any atom is -0.870 e. The third-order valence-corrected chi connectivity index (χ3v) is 14.7. The van der Waals surface area contributed by atoms with Crippen LogP contribution in [0.5, 0.6) is 0 Å². The molecule has 39 heteroatoms. The molecule has 1 amide bonds. The van der Waals surface area contributed by atoms with E-state index in [0.29, 0.717) is 35.0 Å². The summed E-state index contributed by atoms with van der Waals surface area (Å²) < 4.78 is 32.5. The molecule has 0 spiro atoms. The van der Waals surface area contributed by atoms with Crippen molar-refractivity contribution in [3.63, 3.8) is 0 Å². The minimum absolute atomic E-state index is 0. The Hall–Kier alpha value is -13.6. The first kappa shape index (κ1) is 85.3. The summed E-state index contributed by atoms with van der Waals surface area (Å²) in [4.78, 5) is 116. The van der Waals surface area contributed by atoms with Gasteiger partial charge in [-0.15, -0.1) is 0 Å². The van der Waals surface area contributed by atoms with E-state index >= 15 is 0 Å². The van der Waals surface area contributed by atoms with Crippen molar-refractivity contribution in [3.8, 4) is 34.4 Å². The van der Waals surface area contributed by atoms with E-state index in [4.69, 9.17) is 57.4 Å². The smallest absolute Gasteiger partial charge is 0.870 e. The van der Waals surface area contributed by atoms with Gasteiger partial charge in [-0.1, -0.05) is 113 Å². The number of nitrogens with zero attached hydrogens (tertiary/aromatic N) is 16. The van der Waals surface area contributed by atoms with Gasteiger partial charge >= 0.3 is 48.7 Å². The fraction of sp³-hybridized carbons (Fsp3) is 0.197. The van der Waals surface area contributed by atoms with Crippen LogP contribution >= 0.6 is 11.6 Å². The van der Waals surface area contributed by atoms with E-state index < -0.39 is 46.8 Å². The van der Waals surface area contributed by atoms with Gasteiger partial charge in [0.05, 0.1) is 25.4 Å². The fourth-order valence-electron chi connectivity index (χ4n) is 9.42. The van der Waals surface area contributed by atoms with Gasteiger partial charge in [0.15, 0.2) is 22.9 Å². The first-order valence-electron chi connectivity index (χ1n) is 32.7. The van der Waals surface area contributed by atoms with Crippen LogP contribution in [0.2, 0.25) is 0 Å². The Bertz CT molecular complexity index is 4940. The number of imidazole rings is 2. The number of ether oxygens (including phenoxy) is 3. The summed E-state index contributed by atoms with van der Waals surface area (Å²) in [5.74, 6) is -3.23. The summed E-state index contributed by atoms with van der Waals surface area (Å²) >= 11 is 5.16. The molecule has 10 N–H and O–H groups in total. The van der Waals surface area contributed by atoms with Gasteiger partial charge in [-0.25, -0.2) is 43.9 Å². The SMILES string of the molecule is CCOC(=O)C(N)=NO.CCOC(=O)C(N)=NOC(=O)c1ccccc1.CCOC(=O)c1noc(-c2ccccc2)n1.N[C@H]1CCN(c2nccn3ccnc23)C1.O=C(Cl)c1ccccc1.O=C(N[C@H]1CCN(c2nccn3ccnc23)C1)c1noc(-c2ccccc2)n1.O=C(O)c1noc(-c2ccccc2)n1.[Li+].[OH-]. The van der Waals surface area contributed by atoms with Crippen LogP contribution in [0.25, 0.3) is 45.7 Å². The summed E-state index contributed by atoms with van der Waals surface area (Å²) in [6.07, 6.45) is 16.5. The van der Waals surface area contributed by atoms with Gasteiger partial charge in [0.25, 0.3) is 46.3 Å². The number of hydrogen-bond donors (Lipinski definition) is 6. The van der Waals surface area contributed by atoms with Gasteiger partial charge in [-0.05, 0) is 109 Å². The van der Waals surface area contributed by atoms with Crippen molar-refractivity contribution in [2.24, 2.45) is 27.5 Å². The maximum atomic E-state index is 12.5. The summed E-state index contributed by atoms with van der Waals surface area (Å²) in [6, 6.07) is 44.8. The third-order valence-electron chi connectivity index (χ3n) is 14.4. The number of carboxylic acid groups (broad SMARTS) is 1. The molecule has 2 atom stereocenters. The predicted molar refractivity (Wildman–Crippen MR) is 390 cm³/mol. The molecular formula is C71H72ClLiN20O17. The second-order valence-corrected chi connectivity index (χ2v) is 22.2. The number of hydrogen-bond acceptors (Lipinski definition) is 31. The second kappa shape index (κ2) is 44.4. The number of nitrogens with two attached hydrogens (primary N) is 3. The Morgan fingerprint density at radius 2 is 0.936 bits per heavy atom. The number of amidine groups is 2. The van der Waals surface area contributed by atoms with Crippen molar-refractivity contribution in [2.75, 3.05) is 55.8 Å². The number of halogens is 1. The topological polar surface area (TPSA) is 525 Å². The molecular weight excluding hydrogens is 1450 g/mol. The summed E-state index contributed by atoms with van der Waals surface area (Å²) in [7, 11) is 0. The van der Waals surface area contributed by atoms with E-state index in [0.717, 1.165) is 66.5 Å². The normalized spacial score (nSPS) is 13.2. The minimum atomic E-state index is -1.20. The molecule has 9 heterocycles. The van der Waals surface area contributed by atoms with Gasteiger partial charge in [0.2, 0.25) is 11.7 Å². The van der Waals surface area contributed by atoms with Gasteiger partial charge in [-0.2, -0.15) is 15.0 Å². The van der Waals surface area contributed by atoms with Crippen LogP contribution in [-0.2, 0) is 28.6 Å². The van der Waals surface area contributed by atoms with E-state index in [9.17, 15) is 33.6 Å². The van der Waals surface area contributed by atoms with Crippen molar-refractivity contribution in [3.05, 3.63) is 230 Å². The summed E-state index contributed by atoms with van der Waals surface area (Å²) in [6.45, 7) is 8.92. The van der Waals surface area contributed by atoms with Crippen molar-refractivity contribution in [1.82, 2.24) is 64.5 Å². The number of esters is 3. The Balaban J connectivity index is 0.000000207. The maximum Gasteiger partial charge on any atom is 1.00 e. The van der Waals surface area contributed by atoms with Crippen molar-refractivity contribution < 1.29 is 101 Å². The number of rotatable bonds is 15. The molecule has 0 radical (unpaired) electrons.